The van der Waals surface area contributed by atoms with Crippen molar-refractivity contribution in [3.8, 4) is 0 Å². The second-order valence-corrected chi connectivity index (χ2v) is 4.10. The van der Waals surface area contributed by atoms with Crippen molar-refractivity contribution < 1.29 is 25.2 Å². The number of aryl methyl sites for hydroxylation is 1. The Kier molecular flexibility index (Phi) is 3.45. The Bertz CT molecular complexity index is 381. The van der Waals surface area contributed by atoms with E-state index in [1.54, 1.807) is 17.7 Å². The van der Waals surface area contributed by atoms with E-state index in [1.165, 1.54) is 6.20 Å². The molecule has 1 aliphatic rings. The summed E-state index contributed by atoms with van der Waals surface area (Å²) in [6.45, 7) is 1.29. The van der Waals surface area contributed by atoms with Gasteiger partial charge in [-0.1, -0.05) is 0 Å². The highest BCUT2D eigenvalue weighted by molar-refractivity contribution is 4.97. The van der Waals surface area contributed by atoms with Gasteiger partial charge in [-0.25, -0.2) is 4.98 Å². The molecule has 17 heavy (non-hydrogen) atoms. The van der Waals surface area contributed by atoms with Gasteiger partial charge in [-0.05, 0) is 6.92 Å². The van der Waals surface area contributed by atoms with Gasteiger partial charge in [-0.3, -0.25) is 0 Å². The van der Waals surface area contributed by atoms with Crippen LogP contribution in [0.1, 0.15) is 12.1 Å². The van der Waals surface area contributed by atoms with Gasteiger partial charge in [0.2, 0.25) is 0 Å². The Labute approximate surface area is 97.9 Å². The fourth-order valence-electron chi connectivity index (χ4n) is 1.97. The normalized spacial score (nSPS) is 38.3. The van der Waals surface area contributed by atoms with Gasteiger partial charge in [0.15, 0.2) is 6.23 Å². The zero-order chi connectivity index (χ0) is 12.6. The molecule has 1 aliphatic heterocycles. The van der Waals surface area contributed by atoms with E-state index in [4.69, 9.17) is 9.84 Å². The summed E-state index contributed by atoms with van der Waals surface area (Å²) in [7, 11) is 0. The molecular formula is C10H16N2O5. The van der Waals surface area contributed by atoms with Gasteiger partial charge >= 0.3 is 0 Å². The molecule has 2 rings (SSSR count). The molecule has 0 radical (unpaired) electrons. The Morgan fingerprint density at radius 2 is 2.00 bits per heavy atom. The summed E-state index contributed by atoms with van der Waals surface area (Å²) >= 11 is 0. The monoisotopic (exact) mass is 244 g/mol. The lowest BCUT2D eigenvalue weighted by atomic mass is 9.98. The molecule has 0 amide bonds. The molecular weight excluding hydrogens is 228 g/mol. The number of aliphatic hydroxyl groups is 4. The number of aromatic nitrogens is 2. The van der Waals surface area contributed by atoms with E-state index in [2.05, 4.69) is 4.98 Å². The molecule has 5 atom stereocenters. The predicted molar refractivity (Wildman–Crippen MR) is 56.0 cm³/mol. The average molecular weight is 244 g/mol. The summed E-state index contributed by atoms with van der Waals surface area (Å²) in [4.78, 5) is 3.99. The Balaban J connectivity index is 2.26. The third kappa shape index (κ3) is 2.07. The highest BCUT2D eigenvalue weighted by Crippen LogP contribution is 2.28. The second-order valence-electron chi connectivity index (χ2n) is 4.10. The SMILES string of the molecule is Cc1nccn1C1O[C@H](CO)[C@@H](O)[C@H](O)[C@H]1O. The Morgan fingerprint density at radius 3 is 2.53 bits per heavy atom. The molecule has 7 heteroatoms. The number of hydrogen-bond donors (Lipinski definition) is 4. The highest BCUT2D eigenvalue weighted by Gasteiger charge is 2.44. The molecule has 1 aromatic heterocycles. The standard InChI is InChI=1S/C10H16N2O5/c1-5-11-2-3-12(5)10-9(16)8(15)7(14)6(4-13)17-10/h2-3,6-10,13-16H,4H2,1H3/t6-,7-,8+,9-,10?/m1/s1. The van der Waals surface area contributed by atoms with Crippen LogP contribution >= 0.6 is 0 Å². The van der Waals surface area contributed by atoms with Gasteiger partial charge in [-0.2, -0.15) is 0 Å². The van der Waals surface area contributed by atoms with Crippen molar-refractivity contribution in [1.82, 2.24) is 9.55 Å². The lowest BCUT2D eigenvalue weighted by molar-refractivity contribution is -0.251. The molecule has 1 saturated heterocycles. The third-order valence-corrected chi connectivity index (χ3v) is 3.00. The van der Waals surface area contributed by atoms with E-state index in [1.807, 2.05) is 0 Å². The molecule has 0 spiro atoms. The summed E-state index contributed by atoms with van der Waals surface area (Å²) in [5.74, 6) is 0.606. The number of nitrogens with zero attached hydrogens (tertiary/aromatic N) is 2. The van der Waals surface area contributed by atoms with Crippen LogP contribution in [0, 0.1) is 6.92 Å². The van der Waals surface area contributed by atoms with Gasteiger partial charge in [0.05, 0.1) is 6.61 Å². The van der Waals surface area contributed by atoms with Gasteiger partial charge in [0.25, 0.3) is 0 Å². The lowest BCUT2D eigenvalue weighted by Gasteiger charge is -2.40. The molecule has 4 N–H and O–H groups in total. The summed E-state index contributed by atoms with van der Waals surface area (Å²) in [5, 5.41) is 38.2. The van der Waals surface area contributed by atoms with Crippen LogP contribution in [0.3, 0.4) is 0 Å². The predicted octanol–water partition coefficient (Wildman–Crippen LogP) is -1.84. The number of ether oxygens (including phenoxy) is 1. The van der Waals surface area contributed by atoms with Crippen LogP contribution < -0.4 is 0 Å². The highest BCUT2D eigenvalue weighted by atomic mass is 16.6. The molecule has 0 bridgehead atoms. The van der Waals surface area contributed by atoms with Crippen molar-refractivity contribution >= 4 is 0 Å². The number of imidazole rings is 1. The first-order valence-electron chi connectivity index (χ1n) is 5.36. The largest absolute Gasteiger partial charge is 0.394 e. The topological polar surface area (TPSA) is 108 Å². The van der Waals surface area contributed by atoms with Crippen molar-refractivity contribution in [3.05, 3.63) is 18.2 Å². The number of hydrogen-bond acceptors (Lipinski definition) is 6. The van der Waals surface area contributed by atoms with E-state index < -0.39 is 37.3 Å². The smallest absolute Gasteiger partial charge is 0.164 e. The van der Waals surface area contributed by atoms with Crippen LogP contribution in [0.25, 0.3) is 0 Å². The molecule has 1 aromatic rings. The maximum atomic E-state index is 9.85. The zero-order valence-electron chi connectivity index (χ0n) is 9.34. The van der Waals surface area contributed by atoms with E-state index in [0.717, 1.165) is 0 Å². The molecule has 0 aliphatic carbocycles. The Hall–Kier alpha value is -0.990. The van der Waals surface area contributed by atoms with Crippen molar-refractivity contribution in [2.75, 3.05) is 6.61 Å². The molecule has 0 aromatic carbocycles. The average Bonchev–Trinajstić information content (AvgIpc) is 2.73. The molecule has 2 heterocycles. The van der Waals surface area contributed by atoms with E-state index in [9.17, 15) is 15.3 Å². The molecule has 96 valence electrons. The van der Waals surface area contributed by atoms with Gasteiger partial charge in [0, 0.05) is 12.4 Å². The van der Waals surface area contributed by atoms with Gasteiger partial charge in [-0.15, -0.1) is 0 Å². The van der Waals surface area contributed by atoms with E-state index in [0.29, 0.717) is 5.82 Å². The van der Waals surface area contributed by atoms with Crippen LogP contribution in [-0.4, -0.2) is 61.0 Å². The van der Waals surface area contributed by atoms with Gasteiger partial charge < -0.3 is 29.7 Å². The maximum absolute atomic E-state index is 9.85. The lowest BCUT2D eigenvalue weighted by Crippen LogP contribution is -2.56. The minimum Gasteiger partial charge on any atom is -0.394 e. The van der Waals surface area contributed by atoms with Crippen molar-refractivity contribution in [3.63, 3.8) is 0 Å². The number of rotatable bonds is 2. The number of aliphatic hydroxyl groups excluding tert-OH is 4. The van der Waals surface area contributed by atoms with Crippen LogP contribution in [-0.2, 0) is 4.74 Å². The quantitative estimate of drug-likeness (QED) is 0.487. The van der Waals surface area contributed by atoms with Crippen molar-refractivity contribution in [2.24, 2.45) is 0 Å². The Morgan fingerprint density at radius 1 is 1.29 bits per heavy atom. The first-order valence-corrected chi connectivity index (χ1v) is 5.36. The van der Waals surface area contributed by atoms with E-state index in [-0.39, 0.29) is 0 Å². The molecule has 1 unspecified atom stereocenters. The van der Waals surface area contributed by atoms with Crippen molar-refractivity contribution in [2.45, 2.75) is 37.6 Å². The fourth-order valence-corrected chi connectivity index (χ4v) is 1.97. The van der Waals surface area contributed by atoms with Crippen LogP contribution in [0.15, 0.2) is 12.4 Å². The van der Waals surface area contributed by atoms with Crippen LogP contribution in [0.2, 0.25) is 0 Å². The first kappa shape index (κ1) is 12.5. The van der Waals surface area contributed by atoms with Crippen molar-refractivity contribution in [1.29, 1.82) is 0 Å². The first-order chi connectivity index (χ1) is 8.06. The fraction of sp³-hybridized carbons (Fsp3) is 0.700. The van der Waals surface area contributed by atoms with Crippen LogP contribution in [0.4, 0.5) is 0 Å². The van der Waals surface area contributed by atoms with Gasteiger partial charge in [0.1, 0.15) is 30.2 Å². The summed E-state index contributed by atoms with van der Waals surface area (Å²) < 4.78 is 6.91. The minimum atomic E-state index is -1.37. The van der Waals surface area contributed by atoms with E-state index >= 15 is 0 Å². The third-order valence-electron chi connectivity index (χ3n) is 3.00. The maximum Gasteiger partial charge on any atom is 0.164 e. The molecule has 0 saturated carbocycles. The summed E-state index contributed by atoms with van der Waals surface area (Å²) in [5.41, 5.74) is 0. The second kappa shape index (κ2) is 4.71. The molecule has 1 fully saturated rings. The zero-order valence-corrected chi connectivity index (χ0v) is 9.34. The summed E-state index contributed by atoms with van der Waals surface area (Å²) in [6, 6.07) is 0. The minimum absolute atomic E-state index is 0.435. The van der Waals surface area contributed by atoms with Crippen LogP contribution in [0.5, 0.6) is 0 Å². The molecule has 7 nitrogen and oxygen atoms in total. The summed E-state index contributed by atoms with van der Waals surface area (Å²) in [6.07, 6.45) is -2.62.